The molecule has 0 aromatic rings. The molecule has 2 unspecified atom stereocenters. The third kappa shape index (κ3) is 10.9. The van der Waals surface area contributed by atoms with Crippen LogP contribution in [0.15, 0.2) is 0 Å². The Morgan fingerprint density at radius 1 is 0.846 bits per heavy atom. The van der Waals surface area contributed by atoms with Crippen molar-refractivity contribution in [2.24, 2.45) is 11.8 Å². The molecule has 4 heteroatoms. The van der Waals surface area contributed by atoms with Crippen molar-refractivity contribution >= 4 is 34.5 Å². The summed E-state index contributed by atoms with van der Waals surface area (Å²) in [5.41, 5.74) is 0. The highest BCUT2D eigenvalue weighted by molar-refractivity contribution is 14.1. The van der Waals surface area contributed by atoms with E-state index in [0.29, 0.717) is 12.3 Å². The summed E-state index contributed by atoms with van der Waals surface area (Å²) in [7, 11) is 0. The second kappa shape index (κ2) is 15.9. The third-order valence-electron chi connectivity index (χ3n) is 5.60. The maximum Gasteiger partial charge on any atom is 0.317 e. The van der Waals surface area contributed by atoms with Crippen molar-refractivity contribution in [3.05, 3.63) is 0 Å². The van der Waals surface area contributed by atoms with Crippen molar-refractivity contribution in [1.82, 2.24) is 0 Å². The highest BCUT2D eigenvalue weighted by Gasteiger charge is 2.38. The molecule has 26 heavy (non-hydrogen) atoms. The molecule has 0 saturated carbocycles. The van der Waals surface area contributed by atoms with Gasteiger partial charge in [0, 0.05) is 4.43 Å². The van der Waals surface area contributed by atoms with Crippen molar-refractivity contribution < 1.29 is 14.3 Å². The summed E-state index contributed by atoms with van der Waals surface area (Å²) in [6.07, 6.45) is 20.4. The Labute approximate surface area is 174 Å². The smallest absolute Gasteiger partial charge is 0.317 e. The number of alkyl halides is 1. The van der Waals surface area contributed by atoms with Crippen LogP contribution in [0, 0.1) is 11.8 Å². The van der Waals surface area contributed by atoms with Crippen molar-refractivity contribution in [3.63, 3.8) is 0 Å². The van der Waals surface area contributed by atoms with E-state index < -0.39 is 0 Å². The van der Waals surface area contributed by atoms with E-state index in [2.05, 4.69) is 29.5 Å². The first-order chi connectivity index (χ1) is 12.7. The minimum Gasteiger partial charge on any atom is -0.393 e. The van der Waals surface area contributed by atoms with Crippen LogP contribution in [-0.2, 0) is 14.3 Å². The van der Waals surface area contributed by atoms with E-state index in [-0.39, 0.29) is 17.9 Å². The summed E-state index contributed by atoms with van der Waals surface area (Å²) in [5.74, 6) is -0.494. The molecule has 0 bridgehead atoms. The quantitative estimate of drug-likeness (QED) is 0.0743. The van der Waals surface area contributed by atoms with E-state index in [1.54, 1.807) is 0 Å². The van der Waals surface area contributed by atoms with E-state index in [4.69, 9.17) is 4.74 Å². The van der Waals surface area contributed by atoms with E-state index in [1.807, 2.05) is 0 Å². The number of cyclic esters (lactones) is 2. The van der Waals surface area contributed by atoms with Crippen molar-refractivity contribution in [3.8, 4) is 0 Å². The number of carbonyl (C=O) groups excluding carboxylic acids is 2. The fraction of sp³-hybridized carbons (Fsp3) is 0.909. The molecular formula is C22H39IO3. The minimum absolute atomic E-state index is 0.179. The molecule has 1 heterocycles. The Kier molecular flexibility index (Phi) is 14.6. The molecule has 0 aliphatic carbocycles. The van der Waals surface area contributed by atoms with E-state index in [0.717, 1.165) is 10.8 Å². The molecule has 0 aromatic heterocycles. The largest absolute Gasteiger partial charge is 0.393 e. The van der Waals surface area contributed by atoms with Gasteiger partial charge >= 0.3 is 11.9 Å². The van der Waals surface area contributed by atoms with Crippen molar-refractivity contribution in [1.29, 1.82) is 0 Å². The molecule has 0 N–H and O–H groups in total. The van der Waals surface area contributed by atoms with Crippen LogP contribution in [0.1, 0.15) is 110 Å². The maximum absolute atomic E-state index is 11.7. The van der Waals surface area contributed by atoms with Gasteiger partial charge in [-0.3, -0.25) is 9.59 Å². The van der Waals surface area contributed by atoms with Crippen LogP contribution in [0.2, 0.25) is 0 Å². The molecular weight excluding hydrogens is 439 g/mol. The number of ether oxygens (including phenoxy) is 1. The highest BCUT2D eigenvalue weighted by Crippen LogP contribution is 2.30. The summed E-state index contributed by atoms with van der Waals surface area (Å²) < 4.78 is 5.63. The average Bonchev–Trinajstić information content (AvgIpc) is 2.96. The molecule has 1 aliphatic heterocycles. The molecule has 152 valence electrons. The zero-order valence-corrected chi connectivity index (χ0v) is 18.9. The number of unbranched alkanes of at least 4 members (excludes halogenated alkanes) is 13. The Balaban J connectivity index is 1.88. The van der Waals surface area contributed by atoms with Gasteiger partial charge in [0.2, 0.25) is 0 Å². The van der Waals surface area contributed by atoms with Gasteiger partial charge in [-0.15, -0.1) is 0 Å². The first kappa shape index (κ1) is 23.9. The van der Waals surface area contributed by atoms with E-state index in [9.17, 15) is 9.59 Å². The molecule has 0 radical (unpaired) electrons. The lowest BCUT2D eigenvalue weighted by Gasteiger charge is -2.17. The van der Waals surface area contributed by atoms with Crippen LogP contribution < -0.4 is 0 Å². The predicted molar refractivity (Wildman–Crippen MR) is 117 cm³/mol. The van der Waals surface area contributed by atoms with Gasteiger partial charge in [-0.2, -0.15) is 0 Å². The van der Waals surface area contributed by atoms with Crippen molar-refractivity contribution in [2.75, 3.05) is 4.43 Å². The molecule has 1 aliphatic rings. The number of carbonyl (C=O) groups is 2. The van der Waals surface area contributed by atoms with Crippen LogP contribution in [0.3, 0.4) is 0 Å². The van der Waals surface area contributed by atoms with Gasteiger partial charge in [0.15, 0.2) is 0 Å². The van der Waals surface area contributed by atoms with E-state index in [1.165, 1.54) is 89.9 Å². The number of halogens is 1. The van der Waals surface area contributed by atoms with Crippen LogP contribution in [0.5, 0.6) is 0 Å². The Hall–Kier alpha value is -0.130. The average molecular weight is 478 g/mol. The van der Waals surface area contributed by atoms with Gasteiger partial charge in [0.25, 0.3) is 0 Å². The predicted octanol–water partition coefficient (Wildman–Crippen LogP) is 7.00. The van der Waals surface area contributed by atoms with Gasteiger partial charge in [-0.1, -0.05) is 119 Å². The fourth-order valence-electron chi connectivity index (χ4n) is 3.84. The normalized spacial score (nSPS) is 18.3. The summed E-state index contributed by atoms with van der Waals surface area (Å²) in [5, 5.41) is 0. The standard InChI is InChI=1S/C22H39IO3/c1-2-3-4-5-6-7-8-9-10-11-12-13-14-15-16-19(18-23)20-17-21(24)26-22(20)25/h19-20H,2-18H2,1H3. The number of rotatable bonds is 17. The monoisotopic (exact) mass is 478 g/mol. The first-order valence-corrected chi connectivity index (χ1v) is 12.5. The fourth-order valence-corrected chi connectivity index (χ4v) is 4.89. The Bertz CT molecular complexity index is 384. The lowest BCUT2D eigenvalue weighted by molar-refractivity contribution is -0.153. The first-order valence-electron chi connectivity index (χ1n) is 11.0. The molecule has 0 aromatic carbocycles. The molecule has 1 rings (SSSR count). The topological polar surface area (TPSA) is 43.4 Å². The molecule has 2 atom stereocenters. The molecule has 0 spiro atoms. The van der Waals surface area contributed by atoms with Crippen LogP contribution in [0.25, 0.3) is 0 Å². The second-order valence-corrected chi connectivity index (χ2v) is 8.78. The molecule has 1 saturated heterocycles. The molecule has 3 nitrogen and oxygen atoms in total. The van der Waals surface area contributed by atoms with Gasteiger partial charge in [0.05, 0.1) is 12.3 Å². The van der Waals surface area contributed by atoms with Gasteiger partial charge in [-0.25, -0.2) is 0 Å². The number of esters is 2. The zero-order valence-electron chi connectivity index (χ0n) is 16.8. The number of hydrogen-bond acceptors (Lipinski definition) is 3. The van der Waals surface area contributed by atoms with Gasteiger partial charge in [0.1, 0.15) is 0 Å². The molecule has 0 amide bonds. The lowest BCUT2D eigenvalue weighted by atomic mass is 9.88. The van der Waals surface area contributed by atoms with Gasteiger partial charge < -0.3 is 4.74 Å². The maximum atomic E-state index is 11.7. The Morgan fingerprint density at radius 3 is 1.69 bits per heavy atom. The third-order valence-corrected chi connectivity index (χ3v) is 6.73. The van der Waals surface area contributed by atoms with Crippen LogP contribution >= 0.6 is 22.6 Å². The van der Waals surface area contributed by atoms with Crippen LogP contribution in [0.4, 0.5) is 0 Å². The number of hydrogen-bond donors (Lipinski definition) is 0. The second-order valence-electron chi connectivity index (χ2n) is 7.90. The summed E-state index contributed by atoms with van der Waals surface area (Å²) in [4.78, 5) is 22.9. The van der Waals surface area contributed by atoms with Crippen LogP contribution in [-0.4, -0.2) is 16.4 Å². The summed E-state index contributed by atoms with van der Waals surface area (Å²) in [6, 6.07) is 0. The minimum atomic E-state index is -0.337. The Morgan fingerprint density at radius 2 is 1.31 bits per heavy atom. The SMILES string of the molecule is CCCCCCCCCCCCCCCCC(CI)C1CC(=O)OC1=O. The molecule has 1 fully saturated rings. The summed E-state index contributed by atoms with van der Waals surface area (Å²) >= 11 is 2.34. The van der Waals surface area contributed by atoms with E-state index >= 15 is 0 Å². The lowest BCUT2D eigenvalue weighted by Crippen LogP contribution is -2.20. The summed E-state index contributed by atoms with van der Waals surface area (Å²) in [6.45, 7) is 2.27. The van der Waals surface area contributed by atoms with Crippen molar-refractivity contribution in [2.45, 2.75) is 110 Å². The zero-order chi connectivity index (χ0) is 19.0. The van der Waals surface area contributed by atoms with Gasteiger partial charge in [-0.05, 0) is 12.3 Å². The highest BCUT2D eigenvalue weighted by atomic mass is 127.